The first-order chi connectivity index (χ1) is 20.4. The minimum atomic E-state index is -0.977. The minimum Gasteiger partial charge on any atom is -0.484 e. The van der Waals surface area contributed by atoms with Crippen molar-refractivity contribution in [2.24, 2.45) is 0 Å². The monoisotopic (exact) mass is 586 g/mol. The third-order valence-electron chi connectivity index (χ3n) is 6.38. The molecule has 10 nitrogen and oxygen atoms in total. The highest BCUT2D eigenvalue weighted by Gasteiger charge is 2.18. The quantitative estimate of drug-likeness (QED) is 0.254. The first-order valence-electron chi connectivity index (χ1n) is 13.8. The zero-order valence-corrected chi connectivity index (χ0v) is 25.1. The van der Waals surface area contributed by atoms with Crippen molar-refractivity contribution in [1.82, 2.24) is 5.32 Å². The lowest BCUT2D eigenvalue weighted by molar-refractivity contribution is -0.136. The molecular weight excluding hydrogens is 548 g/mol. The number of benzene rings is 3. The van der Waals surface area contributed by atoms with Gasteiger partial charge in [-0.05, 0) is 80.8 Å². The van der Waals surface area contributed by atoms with E-state index in [4.69, 9.17) is 9.84 Å². The smallest absolute Gasteiger partial charge is 0.319 e. The molecule has 3 aromatic rings. The Hall–Kier alpha value is -5.12. The zero-order valence-electron chi connectivity index (χ0n) is 25.1. The van der Waals surface area contributed by atoms with Crippen molar-refractivity contribution < 1.29 is 29.0 Å². The SMILES string of the molecule is CC(C)=CCN(C(=O)CNC(=O)Nc1cccc(CC(=O)O)c1)c1cccc(OCC(=O)N(C)c2cc(C)cc(C)c2)c1. The van der Waals surface area contributed by atoms with E-state index in [2.05, 4.69) is 10.6 Å². The summed E-state index contributed by atoms with van der Waals surface area (Å²) in [6.07, 6.45) is 1.72. The van der Waals surface area contributed by atoms with E-state index in [-0.39, 0.29) is 37.9 Å². The van der Waals surface area contributed by atoms with Crippen LogP contribution in [-0.4, -0.2) is 55.7 Å². The predicted octanol–water partition coefficient (Wildman–Crippen LogP) is 5.09. The fourth-order valence-corrected chi connectivity index (χ4v) is 4.26. The van der Waals surface area contributed by atoms with E-state index in [0.717, 1.165) is 22.4 Å². The molecule has 0 aliphatic heterocycles. The van der Waals surface area contributed by atoms with Crippen LogP contribution >= 0.6 is 0 Å². The van der Waals surface area contributed by atoms with Gasteiger partial charge in [0.2, 0.25) is 5.91 Å². The number of carbonyl (C=O) groups is 4. The van der Waals surface area contributed by atoms with E-state index < -0.39 is 12.0 Å². The summed E-state index contributed by atoms with van der Waals surface area (Å²) in [6, 6.07) is 18.7. The van der Waals surface area contributed by atoms with E-state index in [1.807, 2.05) is 52.0 Å². The Morgan fingerprint density at radius 2 is 1.58 bits per heavy atom. The number of urea groups is 1. The largest absolute Gasteiger partial charge is 0.484 e. The minimum absolute atomic E-state index is 0.172. The van der Waals surface area contributed by atoms with Gasteiger partial charge in [0.15, 0.2) is 6.61 Å². The predicted molar refractivity (Wildman–Crippen MR) is 168 cm³/mol. The molecule has 0 saturated carbocycles. The Balaban J connectivity index is 1.65. The Morgan fingerprint density at radius 3 is 2.26 bits per heavy atom. The highest BCUT2D eigenvalue weighted by molar-refractivity contribution is 5.99. The molecule has 0 saturated heterocycles. The molecule has 0 bridgehead atoms. The third-order valence-corrected chi connectivity index (χ3v) is 6.38. The van der Waals surface area contributed by atoms with Crippen LogP contribution in [0.15, 0.2) is 78.4 Å². The standard InChI is InChI=1S/C33H38N4O6/c1-22(2)12-13-37(30(38)20-34-33(42)35-26-9-6-8-25(17-26)18-32(40)41)27-10-7-11-29(19-27)43-21-31(39)36(5)28-15-23(3)14-24(4)16-28/h6-12,14-17,19H,13,18,20-21H2,1-5H3,(H,40,41)(H2,34,35,42). The second-order valence-corrected chi connectivity index (χ2v) is 10.4. The molecule has 0 unspecified atom stereocenters. The van der Waals surface area contributed by atoms with Gasteiger partial charge in [-0.15, -0.1) is 0 Å². The van der Waals surface area contributed by atoms with Crippen molar-refractivity contribution in [1.29, 1.82) is 0 Å². The fraction of sp³-hybridized carbons (Fsp3) is 0.273. The number of carboxylic acid groups (broad SMARTS) is 1. The first kappa shape index (κ1) is 32.4. The Morgan fingerprint density at radius 1 is 0.884 bits per heavy atom. The van der Waals surface area contributed by atoms with Gasteiger partial charge < -0.3 is 30.3 Å². The lowest BCUT2D eigenvalue weighted by atomic mass is 10.1. The van der Waals surface area contributed by atoms with Crippen molar-refractivity contribution in [3.8, 4) is 5.75 Å². The molecule has 4 amide bonds. The van der Waals surface area contributed by atoms with E-state index in [1.54, 1.807) is 60.5 Å². The van der Waals surface area contributed by atoms with Gasteiger partial charge in [-0.3, -0.25) is 14.4 Å². The molecule has 3 rings (SSSR count). The van der Waals surface area contributed by atoms with Gasteiger partial charge in [0.25, 0.3) is 5.91 Å². The molecule has 0 aliphatic rings. The van der Waals surface area contributed by atoms with Gasteiger partial charge in [-0.25, -0.2) is 4.79 Å². The molecule has 0 radical (unpaired) electrons. The van der Waals surface area contributed by atoms with Crippen LogP contribution in [0.25, 0.3) is 0 Å². The molecule has 0 heterocycles. The number of nitrogens with zero attached hydrogens (tertiary/aromatic N) is 2. The molecule has 0 fully saturated rings. The lowest BCUT2D eigenvalue weighted by Gasteiger charge is -2.23. The summed E-state index contributed by atoms with van der Waals surface area (Å²) in [4.78, 5) is 52.6. The number of anilines is 3. The molecule has 43 heavy (non-hydrogen) atoms. The second-order valence-electron chi connectivity index (χ2n) is 10.4. The van der Waals surface area contributed by atoms with E-state index in [0.29, 0.717) is 22.7 Å². The maximum absolute atomic E-state index is 13.3. The summed E-state index contributed by atoms with van der Waals surface area (Å²) in [7, 11) is 1.70. The lowest BCUT2D eigenvalue weighted by Crippen LogP contribution is -2.42. The average molecular weight is 587 g/mol. The summed E-state index contributed by atoms with van der Waals surface area (Å²) in [6.45, 7) is 7.58. The maximum Gasteiger partial charge on any atom is 0.319 e. The summed E-state index contributed by atoms with van der Waals surface area (Å²) in [5.74, 6) is -1.15. The van der Waals surface area contributed by atoms with Gasteiger partial charge in [-0.2, -0.15) is 0 Å². The summed E-state index contributed by atoms with van der Waals surface area (Å²) in [5.41, 5.74) is 5.39. The van der Waals surface area contributed by atoms with Gasteiger partial charge in [0, 0.05) is 36.7 Å². The fourth-order valence-electron chi connectivity index (χ4n) is 4.26. The molecule has 0 aromatic heterocycles. The van der Waals surface area contributed by atoms with Crippen LogP contribution in [0.3, 0.4) is 0 Å². The zero-order chi connectivity index (χ0) is 31.5. The van der Waals surface area contributed by atoms with Crippen LogP contribution in [0.1, 0.15) is 30.5 Å². The van der Waals surface area contributed by atoms with Crippen LogP contribution < -0.4 is 25.2 Å². The normalized spacial score (nSPS) is 10.3. The average Bonchev–Trinajstić information content (AvgIpc) is 2.94. The maximum atomic E-state index is 13.3. The molecule has 0 spiro atoms. The Bertz CT molecular complexity index is 1490. The third kappa shape index (κ3) is 10.3. The summed E-state index contributed by atoms with van der Waals surface area (Å²) >= 11 is 0. The van der Waals surface area contributed by atoms with Crippen molar-refractivity contribution in [2.45, 2.75) is 34.1 Å². The van der Waals surface area contributed by atoms with E-state index in [1.165, 1.54) is 4.90 Å². The number of nitrogens with one attached hydrogen (secondary N) is 2. The van der Waals surface area contributed by atoms with Gasteiger partial charge in [-0.1, -0.05) is 35.9 Å². The van der Waals surface area contributed by atoms with E-state index >= 15 is 0 Å². The van der Waals surface area contributed by atoms with Crippen molar-refractivity contribution in [3.05, 3.63) is 95.1 Å². The number of likely N-dealkylation sites (N-methyl/N-ethyl adjacent to an activating group) is 1. The number of carboxylic acids is 1. The van der Waals surface area contributed by atoms with Crippen molar-refractivity contribution in [2.75, 3.05) is 41.9 Å². The van der Waals surface area contributed by atoms with Gasteiger partial charge in [0.05, 0.1) is 13.0 Å². The van der Waals surface area contributed by atoms with Crippen LogP contribution in [-0.2, 0) is 20.8 Å². The number of rotatable bonds is 12. The molecule has 0 aliphatic carbocycles. The molecule has 10 heteroatoms. The first-order valence-corrected chi connectivity index (χ1v) is 13.8. The van der Waals surface area contributed by atoms with Crippen molar-refractivity contribution >= 4 is 40.9 Å². The number of allylic oxidation sites excluding steroid dienone is 1. The topological polar surface area (TPSA) is 128 Å². The number of carbonyl (C=O) groups excluding carboxylic acids is 3. The summed E-state index contributed by atoms with van der Waals surface area (Å²) < 4.78 is 5.80. The molecule has 226 valence electrons. The van der Waals surface area contributed by atoms with Gasteiger partial charge >= 0.3 is 12.0 Å². The number of aryl methyl sites for hydroxylation is 2. The highest BCUT2D eigenvalue weighted by atomic mass is 16.5. The van der Waals surface area contributed by atoms with Crippen molar-refractivity contribution in [3.63, 3.8) is 0 Å². The molecular formula is C33H38N4O6. The molecule has 0 atom stereocenters. The number of aliphatic carboxylic acids is 1. The number of hydrogen-bond acceptors (Lipinski definition) is 5. The number of amides is 4. The van der Waals surface area contributed by atoms with Crippen LogP contribution in [0.5, 0.6) is 5.75 Å². The highest BCUT2D eigenvalue weighted by Crippen LogP contribution is 2.23. The summed E-state index contributed by atoms with van der Waals surface area (Å²) in [5, 5.41) is 14.2. The molecule has 3 aromatic carbocycles. The van der Waals surface area contributed by atoms with Crippen LogP contribution in [0.2, 0.25) is 0 Å². The number of ether oxygens (including phenoxy) is 1. The van der Waals surface area contributed by atoms with Crippen LogP contribution in [0, 0.1) is 13.8 Å². The Kier molecular flexibility index (Phi) is 11.5. The van der Waals surface area contributed by atoms with E-state index in [9.17, 15) is 19.2 Å². The number of hydrogen-bond donors (Lipinski definition) is 3. The van der Waals surface area contributed by atoms with Gasteiger partial charge in [0.1, 0.15) is 5.75 Å². The Labute approximate surface area is 252 Å². The second kappa shape index (κ2) is 15.2. The van der Waals surface area contributed by atoms with Crippen LogP contribution in [0.4, 0.5) is 21.9 Å². The molecule has 3 N–H and O–H groups in total.